The average molecular weight is 1200 g/mol. The van der Waals surface area contributed by atoms with Crippen LogP contribution in [0.15, 0.2) is 143 Å². The minimum absolute atomic E-state index is 0.0176. The number of ether oxygens (including phenoxy) is 2. The number of aliphatic hydroxyl groups is 2. The van der Waals surface area contributed by atoms with Crippen molar-refractivity contribution in [2.75, 3.05) is 24.0 Å². The molecule has 0 saturated heterocycles. The number of hydrogen-bond acceptors (Lipinski definition) is 12. The smallest absolute Gasteiger partial charge is 0.331 e. The van der Waals surface area contributed by atoms with Crippen LogP contribution in [0.5, 0.6) is 0 Å². The van der Waals surface area contributed by atoms with E-state index >= 15 is 0 Å². The number of Topliss-reactive ketones (excluding diaryl/α,β-unsaturated/α-hetero) is 2. The highest BCUT2D eigenvalue weighted by Gasteiger charge is 2.31. The Morgan fingerprint density at radius 2 is 0.869 bits per heavy atom. The second kappa shape index (κ2) is 42.0. The van der Waals surface area contributed by atoms with E-state index in [9.17, 15) is 39.0 Å². The maximum absolute atomic E-state index is 13.1. The largest absolute Gasteiger partial charge is 0.454 e. The molecule has 0 radical (unpaired) electrons. The zero-order valence-corrected chi connectivity index (χ0v) is 56.2. The summed E-state index contributed by atoms with van der Waals surface area (Å²) in [4.78, 5) is 73.5. The number of cyclic esters (lactones) is 2. The lowest BCUT2D eigenvalue weighted by Gasteiger charge is -2.25. The van der Waals surface area contributed by atoms with E-state index in [1.807, 2.05) is 156 Å². The lowest BCUT2D eigenvalue weighted by Crippen LogP contribution is -2.34. The van der Waals surface area contributed by atoms with Crippen molar-refractivity contribution in [1.29, 1.82) is 0 Å². The van der Waals surface area contributed by atoms with Crippen LogP contribution in [0.1, 0.15) is 162 Å². The summed E-state index contributed by atoms with van der Waals surface area (Å²) >= 11 is 3.48. The van der Waals surface area contributed by atoms with E-state index in [1.54, 1.807) is 49.5 Å². The van der Waals surface area contributed by atoms with Gasteiger partial charge in [-0.05, 0) is 152 Å². The Balaban J connectivity index is 0.000000840. The number of carbonyl (C=O) groups is 6. The van der Waals surface area contributed by atoms with Crippen LogP contribution in [0.2, 0.25) is 0 Å². The van der Waals surface area contributed by atoms with E-state index in [-0.39, 0.29) is 82.8 Å². The molecule has 0 aromatic carbocycles. The number of aliphatic hydroxyl groups excluding tert-OH is 2. The van der Waals surface area contributed by atoms with E-state index in [0.29, 0.717) is 37.5 Å². The van der Waals surface area contributed by atoms with E-state index in [0.717, 1.165) is 70.6 Å². The third-order valence-electron chi connectivity index (χ3n) is 15.2. The van der Waals surface area contributed by atoms with Gasteiger partial charge in [-0.2, -0.15) is 23.5 Å². The zero-order valence-electron chi connectivity index (χ0n) is 54.5. The molecule has 14 atom stereocenters. The number of rotatable bonds is 36. The highest BCUT2D eigenvalue weighted by molar-refractivity contribution is 7.98. The van der Waals surface area contributed by atoms with Gasteiger partial charge in [-0.1, -0.05) is 176 Å². The topological polar surface area (TPSA) is 161 Å². The third kappa shape index (κ3) is 32.6. The summed E-state index contributed by atoms with van der Waals surface area (Å²) in [7, 11) is 0. The van der Waals surface area contributed by atoms with Gasteiger partial charge in [-0.15, -0.1) is 0 Å². The lowest BCUT2D eigenvalue weighted by molar-refractivity contribution is -0.144. The molecule has 2 heterocycles. The molecule has 3 unspecified atom stereocenters. The first kappa shape index (κ1) is 77.1. The van der Waals surface area contributed by atoms with Crippen LogP contribution in [-0.4, -0.2) is 93.7 Å². The molecule has 0 aromatic heterocycles. The second-order valence-corrected chi connectivity index (χ2v) is 26.2. The van der Waals surface area contributed by atoms with Crippen LogP contribution in [0, 0.1) is 59.2 Å². The van der Waals surface area contributed by atoms with Crippen LogP contribution < -0.4 is 0 Å². The predicted octanol–water partition coefficient (Wildman–Crippen LogP) is 16.0. The van der Waals surface area contributed by atoms with Gasteiger partial charge in [0.05, 0.1) is 12.2 Å². The molecule has 0 bridgehead atoms. The van der Waals surface area contributed by atoms with Crippen LogP contribution in [-0.2, 0) is 38.2 Å². The Bertz CT molecular complexity index is 2320. The highest BCUT2D eigenvalue weighted by atomic mass is 32.2. The van der Waals surface area contributed by atoms with Crippen molar-refractivity contribution in [3.8, 4) is 0 Å². The molecule has 0 spiro atoms. The summed E-state index contributed by atoms with van der Waals surface area (Å²) in [5, 5.41) is 21.8. The summed E-state index contributed by atoms with van der Waals surface area (Å²) in [5.74, 6) is 0.759. The second-order valence-electron chi connectivity index (χ2n) is 24.2. The van der Waals surface area contributed by atoms with Gasteiger partial charge in [0.15, 0.2) is 11.6 Å². The molecule has 2 aliphatic rings. The van der Waals surface area contributed by atoms with E-state index in [1.165, 1.54) is 12.2 Å². The van der Waals surface area contributed by atoms with Gasteiger partial charge < -0.3 is 19.7 Å². The van der Waals surface area contributed by atoms with Crippen molar-refractivity contribution in [3.05, 3.63) is 143 Å². The first-order chi connectivity index (χ1) is 39.5. The van der Waals surface area contributed by atoms with Crippen molar-refractivity contribution in [2.24, 2.45) is 59.2 Å². The average Bonchev–Trinajstić information content (AvgIpc) is 3.53. The predicted molar refractivity (Wildman–Crippen MR) is 355 cm³/mol. The molecule has 468 valence electrons. The Labute approximate surface area is 516 Å². The minimum Gasteiger partial charge on any atom is -0.454 e. The van der Waals surface area contributed by atoms with Crippen LogP contribution in [0.4, 0.5) is 0 Å². The minimum atomic E-state index is -0.770. The van der Waals surface area contributed by atoms with Gasteiger partial charge in [0, 0.05) is 60.5 Å². The van der Waals surface area contributed by atoms with Crippen molar-refractivity contribution in [3.63, 3.8) is 0 Å². The van der Waals surface area contributed by atoms with E-state index in [2.05, 4.69) is 38.2 Å². The molecule has 2 aliphatic heterocycles. The Morgan fingerprint density at radius 3 is 1.20 bits per heavy atom. The summed E-state index contributed by atoms with van der Waals surface area (Å²) < 4.78 is 10.7. The molecule has 12 heteroatoms. The van der Waals surface area contributed by atoms with Crippen molar-refractivity contribution in [1.82, 2.24) is 0 Å². The molecular formula is C72H108O10S2. The SMILES string of the molecule is CSCCCC(=O)/C=C(\C)C[C@H](C)C(O)[C@H](C)C(=O)[C@H](C)/C=C(C)/C=C/CC(C)/C=C(C)\C=C\C1OC(=O)C=C[C@@H]1C.CSCCCC(=O)/C=C(\C)C[C@H](C)[C@@H](O)[C@H](C)C(=O)[C@H](C)/C=C(C)/C=C/C[C@@H](C)/C=C(C)\C=C\[C@@H]1OC(=O)C=C[C@@H]1C. The number of carbonyl (C=O) groups excluding carboxylic acids is 6. The first-order valence-corrected chi connectivity index (χ1v) is 33.3. The lowest BCUT2D eigenvalue weighted by atomic mass is 9.82. The quantitative estimate of drug-likeness (QED) is 0.0265. The molecule has 10 nitrogen and oxygen atoms in total. The number of thioether (sulfide) groups is 2. The van der Waals surface area contributed by atoms with Gasteiger partial charge in [0.25, 0.3) is 0 Å². The van der Waals surface area contributed by atoms with Gasteiger partial charge >= 0.3 is 11.9 Å². The normalized spacial score (nSPS) is 22.2. The van der Waals surface area contributed by atoms with Gasteiger partial charge in [-0.25, -0.2) is 9.59 Å². The standard InChI is InChI=1S/2C36H54O5S/c2*1-24(20-26(3)15-17-33-28(5)16-18-34(38)41-33)12-10-13-25(2)21-29(6)35(39)31(8)36(40)30(7)22-27(4)23-32(37)14-11-19-42-9/h2*10,13,15-18,20-21,23-24,28-31,33,36,40H,11-12,14,19,22H2,1-9H3/b2*13-10+,17-15+,25-21+,26-20-,27-23+/t24?,28-,29+,30-,31+,33?,36?;24-,28+,29-,30+,31-,33+,36-/m01/s1. The van der Waals surface area contributed by atoms with Crippen LogP contribution in [0.25, 0.3) is 0 Å². The maximum Gasteiger partial charge on any atom is 0.331 e. The Morgan fingerprint density at radius 1 is 0.536 bits per heavy atom. The molecule has 0 fully saturated rings. The molecule has 2 rings (SSSR count). The third-order valence-corrected chi connectivity index (χ3v) is 16.6. The van der Waals surface area contributed by atoms with E-state index in [4.69, 9.17) is 9.47 Å². The maximum atomic E-state index is 13.1. The monoisotopic (exact) mass is 1200 g/mol. The fourth-order valence-corrected chi connectivity index (χ4v) is 11.2. The van der Waals surface area contributed by atoms with Crippen molar-refractivity contribution < 1.29 is 48.5 Å². The Hall–Kier alpha value is -4.88. The van der Waals surface area contributed by atoms with Crippen LogP contribution >= 0.6 is 23.5 Å². The highest BCUT2D eigenvalue weighted by Crippen LogP contribution is 2.27. The molecule has 2 N–H and O–H groups in total. The van der Waals surface area contributed by atoms with Crippen molar-refractivity contribution in [2.45, 2.75) is 187 Å². The fourth-order valence-electron chi connectivity index (χ4n) is 10.3. The molecule has 0 aromatic rings. The molecule has 0 aliphatic carbocycles. The number of esters is 2. The summed E-state index contributed by atoms with van der Waals surface area (Å²) in [6, 6.07) is 0. The number of ketones is 4. The molecular weight excluding hydrogens is 1090 g/mol. The van der Waals surface area contributed by atoms with Gasteiger partial charge in [-0.3, -0.25) is 19.2 Å². The van der Waals surface area contributed by atoms with Gasteiger partial charge in [0.1, 0.15) is 23.8 Å². The van der Waals surface area contributed by atoms with Crippen molar-refractivity contribution >= 4 is 58.6 Å². The molecule has 0 amide bonds. The number of hydrogen-bond donors (Lipinski definition) is 2. The number of allylic oxidation sites excluding steroid dienone is 18. The summed E-state index contributed by atoms with van der Waals surface area (Å²) in [5.41, 5.74) is 6.15. The Kier molecular flexibility index (Phi) is 38.6. The molecule has 0 saturated carbocycles. The summed E-state index contributed by atoms with van der Waals surface area (Å²) in [6.07, 6.45) is 42.4. The first-order valence-electron chi connectivity index (χ1n) is 30.5. The van der Waals surface area contributed by atoms with Gasteiger partial charge in [0.2, 0.25) is 0 Å². The van der Waals surface area contributed by atoms with Crippen LogP contribution in [0.3, 0.4) is 0 Å². The zero-order chi connectivity index (χ0) is 63.6. The molecule has 84 heavy (non-hydrogen) atoms. The fraction of sp³-hybridized carbons (Fsp3) is 0.583. The van der Waals surface area contributed by atoms with E-state index < -0.39 is 24.0 Å². The summed E-state index contributed by atoms with van der Waals surface area (Å²) in [6.45, 7) is 31.5.